The Morgan fingerprint density at radius 3 is 3.04 bits per heavy atom. The topological polar surface area (TPSA) is 107 Å². The fourth-order valence-corrected chi connectivity index (χ4v) is 3.01. The van der Waals surface area contributed by atoms with Gasteiger partial charge in [0.25, 0.3) is 0 Å². The molecule has 3 rings (SSSR count). The van der Waals surface area contributed by atoms with Crippen LogP contribution in [0.1, 0.15) is 18.9 Å². The molecule has 1 aliphatic rings. The Kier molecular flexibility index (Phi) is 4.24. The number of hydrogen-bond acceptors (Lipinski definition) is 4. The molecule has 1 fully saturated rings. The van der Waals surface area contributed by atoms with Crippen molar-refractivity contribution in [3.8, 4) is 0 Å². The second kappa shape index (κ2) is 6.34. The number of piperidine rings is 1. The summed E-state index contributed by atoms with van der Waals surface area (Å²) in [6.45, 7) is 0.809. The highest BCUT2D eigenvalue weighted by molar-refractivity contribution is 5.86. The Morgan fingerprint density at radius 1 is 1.54 bits per heavy atom. The van der Waals surface area contributed by atoms with Crippen LogP contribution in [0.5, 0.6) is 0 Å². The fourth-order valence-electron chi connectivity index (χ4n) is 3.01. The predicted molar refractivity (Wildman–Crippen MR) is 90.1 cm³/mol. The van der Waals surface area contributed by atoms with Crippen LogP contribution in [0.25, 0.3) is 11.0 Å². The number of hydrogen-bond donors (Lipinski definition) is 2. The third kappa shape index (κ3) is 2.97. The minimum Gasteiger partial charge on any atom is -0.465 e. The number of carbonyl (C=O) groups is 1. The van der Waals surface area contributed by atoms with Gasteiger partial charge in [-0.25, -0.2) is 19.6 Å². The molecule has 1 aliphatic heterocycles. The van der Waals surface area contributed by atoms with Crippen LogP contribution in [0.15, 0.2) is 22.1 Å². The van der Waals surface area contributed by atoms with Gasteiger partial charge in [-0.2, -0.15) is 0 Å². The van der Waals surface area contributed by atoms with Crippen LogP contribution in [0.2, 0.25) is 0 Å². The normalized spacial score (nSPS) is 18.4. The Hall–Kier alpha value is -2.84. The number of aliphatic imine (C=N–C) groups is 1. The molecule has 2 N–H and O–H groups in total. The number of nitrogens with one attached hydrogen (secondary N) is 1. The first-order valence-electron chi connectivity index (χ1n) is 7.75. The van der Waals surface area contributed by atoms with Crippen LogP contribution in [-0.2, 0) is 0 Å². The Morgan fingerprint density at radius 2 is 2.33 bits per heavy atom. The van der Waals surface area contributed by atoms with Gasteiger partial charge in [0.05, 0.1) is 17.9 Å². The number of fused-ring (bicyclic) bond motifs is 1. The number of aromatic nitrogens is 3. The van der Waals surface area contributed by atoms with E-state index in [1.165, 1.54) is 4.90 Å². The van der Waals surface area contributed by atoms with Crippen molar-refractivity contribution in [1.29, 1.82) is 0 Å². The summed E-state index contributed by atoms with van der Waals surface area (Å²) in [7, 11) is 3.69. The molecule has 0 radical (unpaired) electrons. The van der Waals surface area contributed by atoms with E-state index in [9.17, 15) is 14.7 Å². The summed E-state index contributed by atoms with van der Waals surface area (Å²) in [5.74, 6) is 0.433. The lowest BCUT2D eigenvalue weighted by molar-refractivity contribution is 0.121. The van der Waals surface area contributed by atoms with E-state index < -0.39 is 6.09 Å². The van der Waals surface area contributed by atoms with Crippen LogP contribution in [0, 0.1) is 0 Å². The minimum absolute atomic E-state index is 0.191. The zero-order valence-corrected chi connectivity index (χ0v) is 13.6. The Bertz CT molecular complexity index is 837. The summed E-state index contributed by atoms with van der Waals surface area (Å²) in [6, 6.07) is 1.56. The molecule has 9 nitrogen and oxygen atoms in total. The van der Waals surface area contributed by atoms with Crippen molar-refractivity contribution >= 4 is 29.3 Å². The molecule has 0 spiro atoms. The second-order valence-electron chi connectivity index (χ2n) is 6.06. The summed E-state index contributed by atoms with van der Waals surface area (Å²) in [5, 5.41) is 9.20. The molecule has 0 saturated carbocycles. The van der Waals surface area contributed by atoms with Crippen molar-refractivity contribution in [3.05, 3.63) is 22.7 Å². The maximum absolute atomic E-state index is 12.5. The Labute approximate surface area is 138 Å². The molecule has 24 heavy (non-hydrogen) atoms. The van der Waals surface area contributed by atoms with Gasteiger partial charge in [-0.3, -0.25) is 4.57 Å². The van der Waals surface area contributed by atoms with Crippen molar-refractivity contribution in [2.24, 2.45) is 4.99 Å². The molecule has 2 aromatic heterocycles. The van der Waals surface area contributed by atoms with Gasteiger partial charge in [0.15, 0.2) is 5.82 Å². The third-order valence-electron chi connectivity index (χ3n) is 4.06. The number of aromatic amines is 1. The minimum atomic E-state index is -0.953. The molecule has 0 aromatic carbocycles. The summed E-state index contributed by atoms with van der Waals surface area (Å²) in [4.78, 5) is 38.1. The molecule has 3 heterocycles. The maximum atomic E-state index is 12.5. The number of imidazole rings is 1. The largest absolute Gasteiger partial charge is 0.465 e. The lowest BCUT2D eigenvalue weighted by Crippen LogP contribution is -2.41. The SMILES string of the molecule is CN(C)/C=N/c1nccc2c1[nH]c(=O)n2[C@@H]1CCCN(C(=O)O)C1. The number of carboxylic acid groups (broad SMARTS) is 1. The highest BCUT2D eigenvalue weighted by atomic mass is 16.4. The van der Waals surface area contributed by atoms with E-state index in [-0.39, 0.29) is 11.7 Å². The lowest BCUT2D eigenvalue weighted by Gasteiger charge is -2.31. The number of H-pyrrole nitrogens is 1. The van der Waals surface area contributed by atoms with Crippen LogP contribution in [-0.4, -0.2) is 69.1 Å². The second-order valence-corrected chi connectivity index (χ2v) is 6.06. The van der Waals surface area contributed by atoms with Gasteiger partial charge in [-0.1, -0.05) is 0 Å². The summed E-state index contributed by atoms with van der Waals surface area (Å²) < 4.78 is 1.63. The number of pyridine rings is 1. The molecule has 1 saturated heterocycles. The van der Waals surface area contributed by atoms with Gasteiger partial charge in [-0.15, -0.1) is 0 Å². The van der Waals surface area contributed by atoms with E-state index in [1.807, 2.05) is 14.1 Å². The molecule has 2 aromatic rings. The zero-order chi connectivity index (χ0) is 17.3. The van der Waals surface area contributed by atoms with Crippen LogP contribution in [0.3, 0.4) is 0 Å². The van der Waals surface area contributed by atoms with E-state index in [0.29, 0.717) is 29.9 Å². The van der Waals surface area contributed by atoms with Gasteiger partial charge in [0, 0.05) is 33.4 Å². The van der Waals surface area contributed by atoms with Crippen molar-refractivity contribution in [3.63, 3.8) is 0 Å². The van der Waals surface area contributed by atoms with E-state index in [4.69, 9.17) is 0 Å². The standard InChI is InChI=1S/C15H20N6O3/c1-19(2)9-17-13-12-11(5-6-16-13)21(14(22)18-12)10-4-3-7-20(8-10)15(23)24/h5-6,9-10H,3-4,7-8H2,1-2H3,(H,18,22)(H,23,24)/b17-9+/t10-/m1/s1. The quantitative estimate of drug-likeness (QED) is 0.650. The predicted octanol–water partition coefficient (Wildman–Crippen LogP) is 1.26. The molecule has 1 atom stereocenters. The van der Waals surface area contributed by atoms with E-state index in [0.717, 1.165) is 12.8 Å². The van der Waals surface area contributed by atoms with Gasteiger partial charge >= 0.3 is 11.8 Å². The molecule has 9 heteroatoms. The van der Waals surface area contributed by atoms with Gasteiger partial charge in [0.1, 0.15) is 5.52 Å². The first-order chi connectivity index (χ1) is 11.5. The molecule has 0 unspecified atom stereocenters. The summed E-state index contributed by atoms with van der Waals surface area (Å²) in [6.07, 6.45) is 3.75. The van der Waals surface area contributed by atoms with Crippen LogP contribution < -0.4 is 5.69 Å². The van der Waals surface area contributed by atoms with Gasteiger partial charge < -0.3 is 19.9 Å². The molecule has 0 aliphatic carbocycles. The molecule has 1 amide bonds. The van der Waals surface area contributed by atoms with Crippen LogP contribution >= 0.6 is 0 Å². The lowest BCUT2D eigenvalue weighted by atomic mass is 10.1. The third-order valence-corrected chi connectivity index (χ3v) is 4.06. The first kappa shape index (κ1) is 16.0. The highest BCUT2D eigenvalue weighted by Crippen LogP contribution is 2.26. The zero-order valence-electron chi connectivity index (χ0n) is 13.6. The van der Waals surface area contributed by atoms with Crippen molar-refractivity contribution in [2.75, 3.05) is 27.2 Å². The molecular weight excluding hydrogens is 312 g/mol. The van der Waals surface area contributed by atoms with Crippen molar-refractivity contribution < 1.29 is 9.90 Å². The Balaban J connectivity index is 2.03. The summed E-state index contributed by atoms with van der Waals surface area (Å²) in [5.41, 5.74) is 0.989. The monoisotopic (exact) mass is 332 g/mol. The van der Waals surface area contributed by atoms with Gasteiger partial charge in [-0.05, 0) is 18.9 Å². The highest BCUT2D eigenvalue weighted by Gasteiger charge is 2.27. The van der Waals surface area contributed by atoms with Crippen molar-refractivity contribution in [2.45, 2.75) is 18.9 Å². The molecule has 128 valence electrons. The summed E-state index contributed by atoms with van der Waals surface area (Å²) >= 11 is 0. The maximum Gasteiger partial charge on any atom is 0.407 e. The number of rotatable bonds is 3. The first-order valence-corrected chi connectivity index (χ1v) is 7.75. The number of likely N-dealkylation sites (tertiary alicyclic amines) is 1. The average molecular weight is 332 g/mol. The van der Waals surface area contributed by atoms with Gasteiger partial charge in [0.2, 0.25) is 0 Å². The van der Waals surface area contributed by atoms with E-state index in [2.05, 4.69) is 15.0 Å². The number of amides is 1. The average Bonchev–Trinajstić information content (AvgIpc) is 2.89. The van der Waals surface area contributed by atoms with Crippen LogP contribution in [0.4, 0.5) is 10.6 Å². The number of nitrogens with zero attached hydrogens (tertiary/aromatic N) is 5. The molecular formula is C15H20N6O3. The molecule has 0 bridgehead atoms. The van der Waals surface area contributed by atoms with E-state index >= 15 is 0 Å². The van der Waals surface area contributed by atoms with Crippen molar-refractivity contribution in [1.82, 2.24) is 24.3 Å². The van der Waals surface area contributed by atoms with E-state index in [1.54, 1.807) is 28.1 Å². The fraction of sp³-hybridized carbons (Fsp3) is 0.467. The smallest absolute Gasteiger partial charge is 0.407 e.